The molecule has 0 aromatic heterocycles. The zero-order chi connectivity index (χ0) is 36.6. The standard InChI is InChI=1S/C33H28O16/c34-19-7-1-16(13-23(19)38)4-10-22(37)30(45)33(31(46)28(43)29(44)32(47)48,26(41)11-5-17-2-8-20(35)24(39)14-17)49-27(42)12-6-18-3-9-21(36)25(40)15-18/h1-15,28-29,31,34-36,38-40,43-44,46H,(H,47,48)/t28-,29-,31+,33-/m0/s1. The Labute approximate surface area is 275 Å². The smallest absolute Gasteiger partial charge is 0.335 e. The van der Waals surface area contributed by atoms with Crippen molar-refractivity contribution in [3.63, 3.8) is 0 Å². The molecule has 16 nitrogen and oxygen atoms in total. The third-order valence-corrected chi connectivity index (χ3v) is 6.77. The topological polar surface area (TPSA) is 297 Å². The fourth-order valence-corrected chi connectivity index (χ4v) is 4.12. The molecular weight excluding hydrogens is 652 g/mol. The van der Waals surface area contributed by atoms with Crippen LogP contribution in [0.5, 0.6) is 34.5 Å². The summed E-state index contributed by atoms with van der Waals surface area (Å²) in [7, 11) is 0. The van der Waals surface area contributed by atoms with Crippen molar-refractivity contribution >= 4 is 47.5 Å². The monoisotopic (exact) mass is 680 g/mol. The predicted octanol–water partition coefficient (Wildman–Crippen LogP) is 0.517. The first-order valence-corrected chi connectivity index (χ1v) is 13.7. The molecule has 0 aliphatic rings. The number of allylic oxidation sites excluding steroid dienone is 1. The lowest BCUT2D eigenvalue weighted by atomic mass is 9.80. The molecule has 0 saturated carbocycles. The average molecular weight is 681 g/mol. The molecule has 0 unspecified atom stereocenters. The van der Waals surface area contributed by atoms with Gasteiger partial charge >= 0.3 is 11.9 Å². The highest BCUT2D eigenvalue weighted by Crippen LogP contribution is 2.30. The Morgan fingerprint density at radius 2 is 1.00 bits per heavy atom. The Morgan fingerprint density at radius 3 is 1.41 bits per heavy atom. The van der Waals surface area contributed by atoms with Gasteiger partial charge in [0.05, 0.1) is 0 Å². The van der Waals surface area contributed by atoms with Gasteiger partial charge in [-0.2, -0.15) is 0 Å². The van der Waals surface area contributed by atoms with E-state index in [0.717, 1.165) is 60.7 Å². The number of carboxylic acids is 1. The minimum atomic E-state index is -3.82. The van der Waals surface area contributed by atoms with E-state index in [-0.39, 0.29) is 16.7 Å². The maximum absolute atomic E-state index is 13.8. The molecule has 0 heterocycles. The van der Waals surface area contributed by atoms with Crippen molar-refractivity contribution in [3.8, 4) is 34.5 Å². The number of ether oxygens (including phenoxy) is 1. The highest BCUT2D eigenvalue weighted by Gasteiger charge is 2.59. The molecule has 0 aliphatic carbocycles. The van der Waals surface area contributed by atoms with Crippen molar-refractivity contribution in [1.82, 2.24) is 0 Å². The summed E-state index contributed by atoms with van der Waals surface area (Å²) in [6, 6.07) is 9.49. The van der Waals surface area contributed by atoms with E-state index in [1.54, 1.807) is 0 Å². The van der Waals surface area contributed by atoms with Crippen LogP contribution in [0.1, 0.15) is 16.7 Å². The third-order valence-electron chi connectivity index (χ3n) is 6.77. The number of phenols is 6. The van der Waals surface area contributed by atoms with Gasteiger partial charge in [-0.15, -0.1) is 0 Å². The van der Waals surface area contributed by atoms with Crippen LogP contribution < -0.4 is 0 Å². The van der Waals surface area contributed by atoms with Crippen LogP contribution in [-0.4, -0.2) is 104 Å². The van der Waals surface area contributed by atoms with E-state index < -0.39 is 87.7 Å². The Balaban J connectivity index is 2.19. The first-order valence-electron chi connectivity index (χ1n) is 13.7. The second-order valence-electron chi connectivity index (χ2n) is 10.2. The van der Waals surface area contributed by atoms with E-state index >= 15 is 0 Å². The number of rotatable bonds is 14. The number of benzene rings is 3. The summed E-state index contributed by atoms with van der Waals surface area (Å²) in [5.74, 6) is -12.9. The molecule has 10 N–H and O–H groups in total. The first kappa shape index (κ1) is 37.0. The number of ketones is 3. The van der Waals surface area contributed by atoms with Gasteiger partial charge < -0.3 is 55.8 Å². The van der Waals surface area contributed by atoms with Crippen LogP contribution in [0, 0.1) is 0 Å². The van der Waals surface area contributed by atoms with Crippen LogP contribution >= 0.6 is 0 Å². The molecular formula is C33H28O16. The molecule has 256 valence electrons. The fourth-order valence-electron chi connectivity index (χ4n) is 4.12. The zero-order valence-electron chi connectivity index (χ0n) is 24.8. The van der Waals surface area contributed by atoms with Crippen LogP contribution in [0.2, 0.25) is 0 Å². The Hall–Kier alpha value is -6.49. The summed E-state index contributed by atoms with van der Waals surface area (Å²) >= 11 is 0. The largest absolute Gasteiger partial charge is 0.504 e. The molecule has 3 rings (SSSR count). The number of carbonyl (C=O) groups is 5. The number of phenolic OH excluding ortho intramolecular Hbond substituents is 6. The summed E-state index contributed by atoms with van der Waals surface area (Å²) in [6.45, 7) is 0. The lowest BCUT2D eigenvalue weighted by molar-refractivity contribution is -0.196. The van der Waals surface area contributed by atoms with Crippen LogP contribution in [0.25, 0.3) is 18.2 Å². The minimum Gasteiger partial charge on any atom is -0.504 e. The lowest BCUT2D eigenvalue weighted by Gasteiger charge is -2.35. The second-order valence-corrected chi connectivity index (χ2v) is 10.2. The third kappa shape index (κ3) is 8.66. The van der Waals surface area contributed by atoms with Gasteiger partial charge in [0, 0.05) is 6.08 Å². The van der Waals surface area contributed by atoms with Gasteiger partial charge in [-0.3, -0.25) is 14.4 Å². The number of hydrogen-bond donors (Lipinski definition) is 10. The summed E-state index contributed by atoms with van der Waals surface area (Å²) in [4.78, 5) is 65.4. The summed E-state index contributed by atoms with van der Waals surface area (Å²) < 4.78 is 5.07. The average Bonchev–Trinajstić information content (AvgIpc) is 3.07. The lowest BCUT2D eigenvalue weighted by Crippen LogP contribution is -2.65. The molecule has 16 heteroatoms. The van der Waals surface area contributed by atoms with Gasteiger partial charge in [-0.05, 0) is 71.3 Å². The molecule has 0 fully saturated rings. The Bertz CT molecular complexity index is 1870. The van der Waals surface area contributed by atoms with E-state index in [4.69, 9.17) is 4.74 Å². The Kier molecular flexibility index (Phi) is 11.6. The van der Waals surface area contributed by atoms with Gasteiger partial charge in [-0.25, -0.2) is 9.59 Å². The number of hydrogen-bond acceptors (Lipinski definition) is 15. The minimum absolute atomic E-state index is 0.0133. The molecule has 3 aromatic rings. The van der Waals surface area contributed by atoms with Crippen molar-refractivity contribution in [3.05, 3.63) is 89.5 Å². The van der Waals surface area contributed by atoms with Crippen molar-refractivity contribution in [1.29, 1.82) is 0 Å². The number of carboxylic acid groups (broad SMARTS) is 1. The molecule has 3 aromatic carbocycles. The van der Waals surface area contributed by atoms with E-state index in [1.165, 1.54) is 12.1 Å². The molecule has 0 amide bonds. The van der Waals surface area contributed by atoms with Crippen LogP contribution in [0.3, 0.4) is 0 Å². The van der Waals surface area contributed by atoms with Gasteiger partial charge in [0.2, 0.25) is 11.6 Å². The number of Topliss-reactive ketones (excluding diaryl/α,β-unsaturated/α-hetero) is 1. The first-order chi connectivity index (χ1) is 23.0. The summed E-state index contributed by atoms with van der Waals surface area (Å²) in [5, 5.41) is 98.7. The van der Waals surface area contributed by atoms with Gasteiger partial charge in [0.1, 0.15) is 12.2 Å². The zero-order valence-corrected chi connectivity index (χ0v) is 24.8. The van der Waals surface area contributed by atoms with Crippen molar-refractivity contribution in [2.45, 2.75) is 23.9 Å². The van der Waals surface area contributed by atoms with Crippen molar-refractivity contribution < 1.29 is 79.8 Å². The number of esters is 1. The molecule has 0 spiro atoms. The number of carbonyl (C=O) groups excluding carboxylic acids is 4. The van der Waals surface area contributed by atoms with E-state index in [0.29, 0.717) is 18.2 Å². The normalized spacial score (nSPS) is 14.7. The van der Waals surface area contributed by atoms with E-state index in [1.807, 2.05) is 0 Å². The summed E-state index contributed by atoms with van der Waals surface area (Å²) in [6.07, 6.45) is -4.84. The fraction of sp³-hybridized carbons (Fsp3) is 0.121. The predicted molar refractivity (Wildman–Crippen MR) is 166 cm³/mol. The van der Waals surface area contributed by atoms with Gasteiger partial charge in [0.15, 0.2) is 40.6 Å². The number of aliphatic hydroxyl groups excluding tert-OH is 3. The van der Waals surface area contributed by atoms with E-state index in [9.17, 15) is 75.0 Å². The molecule has 0 saturated heterocycles. The number of aliphatic carboxylic acids is 1. The SMILES string of the molecule is O=C(C=Cc1ccc(O)c(O)c1)O[C@@](C(=O)C=Cc1ccc(O)c(O)c1)(C(=O)C(=O)C=Cc1ccc(O)c(O)c1)[C@H](O)[C@@H](O)[C@H](O)C(=O)O. The highest BCUT2D eigenvalue weighted by atomic mass is 16.6. The maximum atomic E-state index is 13.8. The molecule has 49 heavy (non-hydrogen) atoms. The molecule has 0 bridgehead atoms. The molecule has 0 radical (unpaired) electrons. The molecule has 4 atom stereocenters. The van der Waals surface area contributed by atoms with Crippen LogP contribution in [0.4, 0.5) is 0 Å². The van der Waals surface area contributed by atoms with E-state index in [2.05, 4.69) is 0 Å². The highest BCUT2D eigenvalue weighted by molar-refractivity contribution is 6.50. The quantitative estimate of drug-likeness (QED) is 0.0365. The molecule has 0 aliphatic heterocycles. The van der Waals surface area contributed by atoms with Crippen molar-refractivity contribution in [2.75, 3.05) is 0 Å². The van der Waals surface area contributed by atoms with Gasteiger partial charge in [-0.1, -0.05) is 30.4 Å². The number of aromatic hydroxyl groups is 6. The second kappa shape index (κ2) is 15.4. The maximum Gasteiger partial charge on any atom is 0.335 e. The van der Waals surface area contributed by atoms with Crippen molar-refractivity contribution in [2.24, 2.45) is 0 Å². The summed E-state index contributed by atoms with van der Waals surface area (Å²) in [5.41, 5.74) is -3.80. The van der Waals surface area contributed by atoms with Gasteiger partial charge in [0.25, 0.3) is 11.4 Å². The Morgan fingerprint density at radius 1 is 0.592 bits per heavy atom. The van der Waals surface area contributed by atoms with Crippen LogP contribution in [0.15, 0.2) is 72.8 Å². The van der Waals surface area contributed by atoms with Crippen LogP contribution in [-0.2, 0) is 28.7 Å². The number of aliphatic hydroxyl groups is 3.